The molecule has 0 aliphatic carbocycles. The van der Waals surface area contributed by atoms with Crippen LogP contribution in [0, 0.1) is 0 Å². The first kappa shape index (κ1) is 17.7. The van der Waals surface area contributed by atoms with Crippen molar-refractivity contribution < 1.29 is 13.2 Å². The fourth-order valence-electron chi connectivity index (χ4n) is 2.04. The molecule has 0 amide bonds. The predicted molar refractivity (Wildman–Crippen MR) is 101 cm³/mol. The molecule has 0 aliphatic rings. The van der Waals surface area contributed by atoms with Gasteiger partial charge in [-0.2, -0.15) is 12.8 Å². The summed E-state index contributed by atoms with van der Waals surface area (Å²) in [6, 6.07) is 18.0. The maximum absolute atomic E-state index is 12.0. The van der Waals surface area contributed by atoms with Crippen molar-refractivity contribution in [1.82, 2.24) is 0 Å². The second-order valence-electron chi connectivity index (χ2n) is 5.11. The van der Waals surface area contributed by atoms with Crippen molar-refractivity contribution in [3.8, 4) is 5.75 Å². The van der Waals surface area contributed by atoms with Gasteiger partial charge in [-0.25, -0.2) is 0 Å². The topological polar surface area (TPSA) is 55.7 Å². The van der Waals surface area contributed by atoms with Gasteiger partial charge in [0.2, 0.25) is 0 Å². The molecule has 25 heavy (non-hydrogen) atoms. The van der Waals surface area contributed by atoms with E-state index in [-0.39, 0.29) is 4.21 Å². The Labute approximate surface area is 155 Å². The minimum atomic E-state index is -3.67. The minimum Gasteiger partial charge on any atom is -0.487 e. The molecule has 3 rings (SSSR count). The SMILES string of the molecule is O=S(=O)(/N=C\c1ccc(OCc2ccccc2)c(Cl)c1)c1cccs1. The van der Waals surface area contributed by atoms with Gasteiger partial charge in [0.15, 0.2) is 0 Å². The van der Waals surface area contributed by atoms with Gasteiger partial charge in [-0.15, -0.1) is 11.3 Å². The number of hydrogen-bond donors (Lipinski definition) is 0. The average Bonchev–Trinajstić information content (AvgIpc) is 3.16. The smallest absolute Gasteiger partial charge is 0.291 e. The molecule has 2 aromatic carbocycles. The lowest BCUT2D eigenvalue weighted by molar-refractivity contribution is 0.306. The Morgan fingerprint density at radius 2 is 1.88 bits per heavy atom. The molecule has 1 heterocycles. The summed E-state index contributed by atoms with van der Waals surface area (Å²) in [5.41, 5.74) is 1.61. The summed E-state index contributed by atoms with van der Waals surface area (Å²) < 4.78 is 33.7. The van der Waals surface area contributed by atoms with Crippen LogP contribution < -0.4 is 4.74 Å². The Balaban J connectivity index is 1.70. The molecule has 0 atom stereocenters. The van der Waals surface area contributed by atoms with Crippen LogP contribution in [0.3, 0.4) is 0 Å². The number of thiophene rings is 1. The van der Waals surface area contributed by atoms with E-state index >= 15 is 0 Å². The molecule has 128 valence electrons. The normalized spacial score (nSPS) is 11.7. The van der Waals surface area contributed by atoms with Crippen LogP contribution in [0.5, 0.6) is 5.75 Å². The third kappa shape index (κ3) is 4.69. The lowest BCUT2D eigenvalue weighted by Gasteiger charge is -2.08. The van der Waals surface area contributed by atoms with Gasteiger partial charge in [-0.3, -0.25) is 0 Å². The van der Waals surface area contributed by atoms with Crippen molar-refractivity contribution in [2.24, 2.45) is 4.40 Å². The minimum absolute atomic E-state index is 0.206. The van der Waals surface area contributed by atoms with Crippen LogP contribution in [-0.2, 0) is 16.6 Å². The van der Waals surface area contributed by atoms with E-state index in [0.717, 1.165) is 16.9 Å². The van der Waals surface area contributed by atoms with Gasteiger partial charge in [-0.1, -0.05) is 48.0 Å². The van der Waals surface area contributed by atoms with E-state index in [2.05, 4.69) is 4.40 Å². The summed E-state index contributed by atoms with van der Waals surface area (Å²) in [5.74, 6) is 0.531. The summed E-state index contributed by atoms with van der Waals surface area (Å²) >= 11 is 7.34. The van der Waals surface area contributed by atoms with Crippen LogP contribution in [0.15, 0.2) is 74.7 Å². The molecule has 0 fully saturated rings. The summed E-state index contributed by atoms with van der Waals surface area (Å²) in [7, 11) is -3.67. The number of rotatable bonds is 6. The molecule has 7 heteroatoms. The van der Waals surface area contributed by atoms with E-state index in [4.69, 9.17) is 16.3 Å². The van der Waals surface area contributed by atoms with Gasteiger partial charge in [0, 0.05) is 6.21 Å². The molecule has 3 aromatic rings. The summed E-state index contributed by atoms with van der Waals surface area (Å²) in [4.78, 5) is 0. The number of hydrogen-bond acceptors (Lipinski definition) is 4. The highest BCUT2D eigenvalue weighted by molar-refractivity contribution is 7.92. The molecule has 0 aliphatic heterocycles. The molecule has 1 aromatic heterocycles. The number of benzene rings is 2. The monoisotopic (exact) mass is 391 g/mol. The van der Waals surface area contributed by atoms with Crippen molar-refractivity contribution in [2.45, 2.75) is 10.8 Å². The maximum atomic E-state index is 12.0. The number of ether oxygens (including phenoxy) is 1. The molecule has 0 radical (unpaired) electrons. The molecule has 0 bridgehead atoms. The Kier molecular flexibility index (Phi) is 5.53. The molecule has 0 saturated carbocycles. The second kappa shape index (κ2) is 7.82. The first-order valence-electron chi connectivity index (χ1n) is 7.35. The lowest BCUT2D eigenvalue weighted by Crippen LogP contribution is -1.97. The van der Waals surface area contributed by atoms with Gasteiger partial charge < -0.3 is 4.74 Å². The molecule has 0 spiro atoms. The van der Waals surface area contributed by atoms with Crippen LogP contribution in [0.1, 0.15) is 11.1 Å². The highest BCUT2D eigenvalue weighted by Crippen LogP contribution is 2.26. The van der Waals surface area contributed by atoms with Crippen LogP contribution >= 0.6 is 22.9 Å². The Morgan fingerprint density at radius 1 is 1.08 bits per heavy atom. The van der Waals surface area contributed by atoms with E-state index in [1.807, 2.05) is 30.3 Å². The van der Waals surface area contributed by atoms with Gasteiger partial charge in [0.1, 0.15) is 16.6 Å². The second-order valence-corrected chi connectivity index (χ2v) is 8.32. The van der Waals surface area contributed by atoms with Gasteiger partial charge in [0.25, 0.3) is 10.0 Å². The standard InChI is InChI=1S/C18H14ClNO3S2/c19-16-11-15(12-20-25(21,22)18-7-4-10-24-18)8-9-17(16)23-13-14-5-2-1-3-6-14/h1-12H,13H2/b20-12-. The van der Waals surface area contributed by atoms with E-state index in [0.29, 0.717) is 22.9 Å². The third-order valence-electron chi connectivity index (χ3n) is 3.28. The van der Waals surface area contributed by atoms with Crippen LogP contribution in [0.2, 0.25) is 5.02 Å². The zero-order chi connectivity index (χ0) is 17.7. The molecule has 0 N–H and O–H groups in total. The van der Waals surface area contributed by atoms with Gasteiger partial charge in [0.05, 0.1) is 5.02 Å². The van der Waals surface area contributed by atoms with Gasteiger partial charge in [-0.05, 0) is 40.8 Å². The van der Waals surface area contributed by atoms with Crippen molar-refractivity contribution in [3.63, 3.8) is 0 Å². The molecule has 0 saturated heterocycles. The fourth-order valence-corrected chi connectivity index (χ4v) is 4.13. The fraction of sp³-hybridized carbons (Fsp3) is 0.0556. The Morgan fingerprint density at radius 3 is 2.56 bits per heavy atom. The zero-order valence-corrected chi connectivity index (χ0v) is 15.4. The van der Waals surface area contributed by atoms with E-state index < -0.39 is 10.0 Å². The van der Waals surface area contributed by atoms with Crippen LogP contribution in [-0.4, -0.2) is 14.6 Å². The Bertz CT molecular complexity index is 969. The van der Waals surface area contributed by atoms with Crippen molar-refractivity contribution in [3.05, 3.63) is 82.2 Å². The highest BCUT2D eigenvalue weighted by Gasteiger charge is 2.12. The van der Waals surface area contributed by atoms with Crippen molar-refractivity contribution >= 4 is 39.2 Å². The molecular formula is C18H14ClNO3S2. The van der Waals surface area contributed by atoms with Gasteiger partial charge >= 0.3 is 0 Å². The summed E-state index contributed by atoms with van der Waals surface area (Å²) in [6.45, 7) is 0.404. The molecule has 4 nitrogen and oxygen atoms in total. The number of halogens is 1. The van der Waals surface area contributed by atoms with Crippen molar-refractivity contribution in [2.75, 3.05) is 0 Å². The summed E-state index contributed by atoms with van der Waals surface area (Å²) in [6.07, 6.45) is 1.28. The number of nitrogens with zero attached hydrogens (tertiary/aromatic N) is 1. The Hall–Kier alpha value is -2.15. The maximum Gasteiger partial charge on any atom is 0.291 e. The first-order valence-corrected chi connectivity index (χ1v) is 10.0. The largest absolute Gasteiger partial charge is 0.487 e. The number of sulfonamides is 1. The predicted octanol–water partition coefficient (Wildman–Crippen LogP) is 4.79. The first-order chi connectivity index (χ1) is 12.0. The van der Waals surface area contributed by atoms with E-state index in [9.17, 15) is 8.42 Å². The van der Waals surface area contributed by atoms with Crippen LogP contribution in [0.25, 0.3) is 0 Å². The molecule has 0 unspecified atom stereocenters. The average molecular weight is 392 g/mol. The van der Waals surface area contributed by atoms with Crippen LogP contribution in [0.4, 0.5) is 0 Å². The summed E-state index contributed by atoms with van der Waals surface area (Å²) in [5, 5.41) is 2.09. The lowest BCUT2D eigenvalue weighted by atomic mass is 10.2. The van der Waals surface area contributed by atoms with Crippen molar-refractivity contribution in [1.29, 1.82) is 0 Å². The van der Waals surface area contributed by atoms with E-state index in [1.165, 1.54) is 12.3 Å². The van der Waals surface area contributed by atoms with E-state index in [1.54, 1.807) is 29.6 Å². The quantitative estimate of drug-likeness (QED) is 0.568. The molecular weight excluding hydrogens is 378 g/mol. The third-order valence-corrected chi connectivity index (χ3v) is 6.19. The highest BCUT2D eigenvalue weighted by atomic mass is 35.5. The zero-order valence-electron chi connectivity index (χ0n) is 13.0.